The van der Waals surface area contributed by atoms with E-state index >= 15 is 0 Å². The summed E-state index contributed by atoms with van der Waals surface area (Å²) in [7, 11) is 0. The third-order valence-corrected chi connectivity index (χ3v) is 6.34. The van der Waals surface area contributed by atoms with Crippen LogP contribution in [0.3, 0.4) is 0 Å². The van der Waals surface area contributed by atoms with Crippen molar-refractivity contribution < 1.29 is 18.9 Å². The molecule has 172 valence electrons. The average molecular weight is 514 g/mol. The minimum Gasteiger partial charge on any atom is -0.479 e. The van der Waals surface area contributed by atoms with E-state index in [1.807, 2.05) is 18.2 Å². The van der Waals surface area contributed by atoms with Gasteiger partial charge < -0.3 is 14.1 Å². The van der Waals surface area contributed by atoms with Crippen LogP contribution in [-0.2, 0) is 13.2 Å². The second-order valence-electron chi connectivity index (χ2n) is 7.94. The van der Waals surface area contributed by atoms with E-state index in [-0.39, 0.29) is 29.7 Å². The number of amides is 1. The molecule has 0 saturated carbocycles. The van der Waals surface area contributed by atoms with Crippen molar-refractivity contribution in [2.24, 2.45) is 0 Å². The number of hydrogen-bond donors (Lipinski definition) is 0. The van der Waals surface area contributed by atoms with Crippen molar-refractivity contribution in [1.29, 1.82) is 0 Å². The average Bonchev–Trinajstić information content (AvgIpc) is 3.29. The van der Waals surface area contributed by atoms with Crippen molar-refractivity contribution in [2.45, 2.75) is 20.1 Å². The Morgan fingerprint density at radius 3 is 2.61 bits per heavy atom. The Morgan fingerprint density at radius 1 is 1.12 bits per heavy atom. The van der Waals surface area contributed by atoms with E-state index in [1.165, 1.54) is 11.6 Å². The predicted molar refractivity (Wildman–Crippen MR) is 126 cm³/mol. The zero-order valence-corrected chi connectivity index (χ0v) is 19.8. The first-order chi connectivity index (χ1) is 15.9. The number of ether oxygens (including phenoxy) is 1. The zero-order valence-electron chi connectivity index (χ0n) is 18.2. The van der Waals surface area contributed by atoms with Crippen LogP contribution in [0.5, 0.6) is 5.75 Å². The molecule has 4 rings (SSSR count). The second-order valence-corrected chi connectivity index (χ2v) is 8.80. The number of carbonyl (C=O) groups is 1. The first-order valence-corrected chi connectivity index (χ1v) is 11.4. The highest BCUT2D eigenvalue weighted by Gasteiger charge is 2.25. The Kier molecular flexibility index (Phi) is 7.10. The molecule has 8 nitrogen and oxygen atoms in total. The molecule has 0 bridgehead atoms. The fourth-order valence-corrected chi connectivity index (χ4v) is 4.15. The van der Waals surface area contributed by atoms with Crippen LogP contribution in [0.15, 0.2) is 63.5 Å². The van der Waals surface area contributed by atoms with Gasteiger partial charge in [0, 0.05) is 43.3 Å². The molecule has 9 heteroatoms. The quantitative estimate of drug-likeness (QED) is 0.333. The highest BCUT2D eigenvalue weighted by molar-refractivity contribution is 9.10. The van der Waals surface area contributed by atoms with Gasteiger partial charge in [-0.25, -0.2) is 0 Å². The summed E-state index contributed by atoms with van der Waals surface area (Å²) in [6.45, 7) is 5.40. The molecule has 1 aliphatic heterocycles. The number of piperazine rings is 1. The SMILES string of the molecule is Cc1ccc(OCc2ccc(C(=O)N3CCN(Cc4ccccc4Br)CC3)o2)c([N+](=O)[O-])c1. The number of rotatable bonds is 7. The molecule has 33 heavy (non-hydrogen) atoms. The van der Waals surface area contributed by atoms with Crippen molar-refractivity contribution >= 4 is 27.5 Å². The Morgan fingerprint density at radius 2 is 1.88 bits per heavy atom. The van der Waals surface area contributed by atoms with E-state index in [1.54, 1.807) is 36.1 Å². The van der Waals surface area contributed by atoms with Crippen LogP contribution in [-0.4, -0.2) is 46.8 Å². The summed E-state index contributed by atoms with van der Waals surface area (Å²) in [5.74, 6) is 0.672. The molecule has 1 amide bonds. The number of halogens is 1. The predicted octanol–water partition coefficient (Wildman–Crippen LogP) is 4.80. The van der Waals surface area contributed by atoms with Gasteiger partial charge in [-0.2, -0.15) is 0 Å². The molecule has 0 radical (unpaired) electrons. The third kappa shape index (κ3) is 5.61. The standard InChI is InChI=1S/C24H24BrN3O5/c1-17-6-8-22(21(14-17)28(30)31)32-16-19-7-9-23(33-19)24(29)27-12-10-26(11-13-27)15-18-4-2-3-5-20(18)25/h2-9,14H,10-13,15-16H2,1H3. The monoisotopic (exact) mass is 513 g/mol. The third-order valence-electron chi connectivity index (χ3n) is 5.56. The molecule has 0 N–H and O–H groups in total. The molecule has 3 aromatic rings. The van der Waals surface area contributed by atoms with Gasteiger partial charge in [-0.15, -0.1) is 0 Å². The normalized spacial score (nSPS) is 14.3. The number of nitro groups is 1. The molecular formula is C24H24BrN3O5. The van der Waals surface area contributed by atoms with Gasteiger partial charge in [-0.3, -0.25) is 19.8 Å². The minimum absolute atomic E-state index is 0.00306. The Balaban J connectivity index is 1.31. The summed E-state index contributed by atoms with van der Waals surface area (Å²) < 4.78 is 12.4. The smallest absolute Gasteiger partial charge is 0.311 e. The highest BCUT2D eigenvalue weighted by Crippen LogP contribution is 2.28. The largest absolute Gasteiger partial charge is 0.479 e. The topological polar surface area (TPSA) is 89.1 Å². The van der Waals surface area contributed by atoms with Gasteiger partial charge >= 0.3 is 5.69 Å². The zero-order chi connectivity index (χ0) is 23.4. The summed E-state index contributed by atoms with van der Waals surface area (Å²) in [5.41, 5.74) is 1.90. The van der Waals surface area contributed by atoms with E-state index in [0.29, 0.717) is 18.8 Å². The van der Waals surface area contributed by atoms with E-state index in [4.69, 9.17) is 9.15 Å². The fourth-order valence-electron chi connectivity index (χ4n) is 3.74. The van der Waals surface area contributed by atoms with E-state index in [0.717, 1.165) is 29.7 Å². The van der Waals surface area contributed by atoms with Crippen molar-refractivity contribution in [3.63, 3.8) is 0 Å². The number of carbonyl (C=O) groups excluding carboxylic acids is 1. The lowest BCUT2D eigenvalue weighted by Crippen LogP contribution is -2.48. The number of nitrogens with zero attached hydrogens (tertiary/aromatic N) is 3. The van der Waals surface area contributed by atoms with Crippen LogP contribution < -0.4 is 4.74 Å². The van der Waals surface area contributed by atoms with Gasteiger partial charge in [0.1, 0.15) is 12.4 Å². The van der Waals surface area contributed by atoms with Crippen LogP contribution >= 0.6 is 15.9 Å². The molecule has 1 aliphatic rings. The van der Waals surface area contributed by atoms with Crippen molar-refractivity contribution in [2.75, 3.05) is 26.2 Å². The number of hydrogen-bond acceptors (Lipinski definition) is 6. The summed E-state index contributed by atoms with van der Waals surface area (Å²) in [6, 6.07) is 16.2. The molecule has 0 unspecified atom stereocenters. The summed E-state index contributed by atoms with van der Waals surface area (Å²) in [5, 5.41) is 11.2. The molecule has 2 aromatic carbocycles. The Bertz CT molecular complexity index is 1150. The molecule has 1 saturated heterocycles. The second kappa shape index (κ2) is 10.2. The lowest BCUT2D eigenvalue weighted by molar-refractivity contribution is -0.386. The highest BCUT2D eigenvalue weighted by atomic mass is 79.9. The van der Waals surface area contributed by atoms with E-state index in [9.17, 15) is 14.9 Å². The maximum atomic E-state index is 12.9. The summed E-state index contributed by atoms with van der Waals surface area (Å²) >= 11 is 3.59. The number of nitro benzene ring substituents is 1. The van der Waals surface area contributed by atoms with Gasteiger partial charge in [-0.05, 0) is 42.3 Å². The lowest BCUT2D eigenvalue weighted by Gasteiger charge is -2.34. The maximum Gasteiger partial charge on any atom is 0.311 e. The Hall–Kier alpha value is -3.17. The molecule has 0 aliphatic carbocycles. The molecular weight excluding hydrogens is 490 g/mol. The first-order valence-electron chi connectivity index (χ1n) is 10.6. The van der Waals surface area contributed by atoms with Crippen molar-refractivity contribution in [3.8, 4) is 5.75 Å². The molecule has 1 fully saturated rings. The van der Waals surface area contributed by atoms with E-state index in [2.05, 4.69) is 26.9 Å². The van der Waals surface area contributed by atoms with Crippen molar-refractivity contribution in [3.05, 3.63) is 91.8 Å². The van der Waals surface area contributed by atoms with Gasteiger partial charge in [0.2, 0.25) is 0 Å². The first kappa shape index (κ1) is 23.0. The van der Waals surface area contributed by atoms with Gasteiger partial charge in [-0.1, -0.05) is 40.2 Å². The molecule has 0 spiro atoms. The van der Waals surface area contributed by atoms with Crippen LogP contribution in [0, 0.1) is 17.0 Å². The Labute approximate surface area is 200 Å². The van der Waals surface area contributed by atoms with E-state index < -0.39 is 4.92 Å². The van der Waals surface area contributed by atoms with Crippen LogP contribution in [0.2, 0.25) is 0 Å². The van der Waals surface area contributed by atoms with Gasteiger partial charge in [0.05, 0.1) is 4.92 Å². The summed E-state index contributed by atoms with van der Waals surface area (Å²) in [4.78, 5) is 27.7. The molecule has 0 atom stereocenters. The van der Waals surface area contributed by atoms with Crippen molar-refractivity contribution in [1.82, 2.24) is 9.80 Å². The van der Waals surface area contributed by atoms with Gasteiger partial charge in [0.25, 0.3) is 5.91 Å². The van der Waals surface area contributed by atoms with Gasteiger partial charge in [0.15, 0.2) is 11.5 Å². The summed E-state index contributed by atoms with van der Waals surface area (Å²) in [6.07, 6.45) is 0. The number of benzene rings is 2. The lowest BCUT2D eigenvalue weighted by atomic mass is 10.2. The van der Waals surface area contributed by atoms with Crippen LogP contribution in [0.25, 0.3) is 0 Å². The molecule has 2 heterocycles. The fraction of sp³-hybridized carbons (Fsp3) is 0.292. The maximum absolute atomic E-state index is 12.9. The number of furan rings is 1. The van der Waals surface area contributed by atoms with Crippen LogP contribution in [0.1, 0.15) is 27.4 Å². The minimum atomic E-state index is -0.477. The number of aryl methyl sites for hydroxylation is 1. The van der Waals surface area contributed by atoms with Crippen LogP contribution in [0.4, 0.5) is 5.69 Å². The molecule has 1 aromatic heterocycles.